The third-order valence-corrected chi connectivity index (χ3v) is 3.85. The van der Waals surface area contributed by atoms with Gasteiger partial charge in [0.1, 0.15) is 5.41 Å². The molecule has 20 heavy (non-hydrogen) atoms. The Kier molecular flexibility index (Phi) is 3.84. The molecule has 0 bridgehead atoms. The molecule has 4 heteroatoms. The van der Waals surface area contributed by atoms with Gasteiger partial charge < -0.3 is 5.11 Å². The molecule has 104 valence electrons. The highest BCUT2D eigenvalue weighted by atomic mass is 16.4. The number of benzene rings is 1. The van der Waals surface area contributed by atoms with Crippen molar-refractivity contribution in [3.8, 4) is 11.3 Å². The number of hydrogen-bond donors (Lipinski definition) is 1. The van der Waals surface area contributed by atoms with Crippen LogP contribution in [0.4, 0.5) is 0 Å². The van der Waals surface area contributed by atoms with Crippen molar-refractivity contribution in [3.63, 3.8) is 0 Å². The van der Waals surface area contributed by atoms with Gasteiger partial charge in [-0.1, -0.05) is 44.2 Å². The number of carboxylic acids is 1. The topological polar surface area (TPSA) is 63.1 Å². The number of hydrogen-bond acceptors (Lipinski definition) is 3. The molecule has 1 aromatic carbocycles. The number of aliphatic carboxylic acids is 1. The molecule has 0 fully saturated rings. The van der Waals surface area contributed by atoms with Crippen molar-refractivity contribution >= 4 is 5.97 Å². The van der Waals surface area contributed by atoms with Crippen LogP contribution in [0.15, 0.2) is 42.7 Å². The summed E-state index contributed by atoms with van der Waals surface area (Å²) >= 11 is 0. The Morgan fingerprint density at radius 2 is 1.80 bits per heavy atom. The van der Waals surface area contributed by atoms with Crippen molar-refractivity contribution in [2.75, 3.05) is 0 Å². The lowest BCUT2D eigenvalue weighted by Crippen LogP contribution is -2.38. The minimum atomic E-state index is -1.03. The van der Waals surface area contributed by atoms with E-state index in [1.165, 1.54) is 0 Å². The molecule has 1 heterocycles. The summed E-state index contributed by atoms with van der Waals surface area (Å²) in [6, 6.07) is 9.69. The van der Waals surface area contributed by atoms with Crippen molar-refractivity contribution in [2.24, 2.45) is 5.92 Å². The Labute approximate surface area is 118 Å². The zero-order valence-electron chi connectivity index (χ0n) is 11.9. The molecule has 0 amide bonds. The fraction of sp³-hybridized carbons (Fsp3) is 0.312. The normalized spacial score (nSPS) is 14.0. The first-order valence-electron chi connectivity index (χ1n) is 6.57. The monoisotopic (exact) mass is 270 g/mol. The van der Waals surface area contributed by atoms with Crippen LogP contribution in [0, 0.1) is 5.92 Å². The lowest BCUT2D eigenvalue weighted by Gasteiger charge is -2.28. The molecule has 0 radical (unpaired) electrons. The first-order valence-corrected chi connectivity index (χ1v) is 6.57. The average Bonchev–Trinajstić information content (AvgIpc) is 2.47. The molecule has 0 aliphatic carbocycles. The van der Waals surface area contributed by atoms with E-state index in [9.17, 15) is 9.90 Å². The Bertz CT molecular complexity index is 594. The highest BCUT2D eigenvalue weighted by Crippen LogP contribution is 2.31. The molecule has 4 nitrogen and oxygen atoms in total. The molecular weight excluding hydrogens is 252 g/mol. The van der Waals surface area contributed by atoms with Crippen molar-refractivity contribution in [1.29, 1.82) is 0 Å². The third-order valence-electron chi connectivity index (χ3n) is 3.85. The van der Waals surface area contributed by atoms with Crippen molar-refractivity contribution in [2.45, 2.75) is 26.2 Å². The van der Waals surface area contributed by atoms with E-state index in [1.54, 1.807) is 19.3 Å². The molecule has 1 atom stereocenters. The highest BCUT2D eigenvalue weighted by molar-refractivity contribution is 5.80. The second-order valence-electron chi connectivity index (χ2n) is 5.32. The van der Waals surface area contributed by atoms with Crippen LogP contribution in [-0.2, 0) is 10.2 Å². The van der Waals surface area contributed by atoms with Gasteiger partial charge in [-0.15, -0.1) is 0 Å². The van der Waals surface area contributed by atoms with Crippen LogP contribution in [0.2, 0.25) is 0 Å². The first kappa shape index (κ1) is 14.2. The zero-order chi connectivity index (χ0) is 14.8. The number of rotatable bonds is 4. The molecule has 1 unspecified atom stereocenters. The summed E-state index contributed by atoms with van der Waals surface area (Å²) < 4.78 is 0. The summed E-state index contributed by atoms with van der Waals surface area (Å²) in [5.74, 6) is -0.953. The first-order chi connectivity index (χ1) is 9.46. The van der Waals surface area contributed by atoms with Crippen LogP contribution in [0.25, 0.3) is 11.3 Å². The van der Waals surface area contributed by atoms with E-state index in [2.05, 4.69) is 9.97 Å². The van der Waals surface area contributed by atoms with E-state index >= 15 is 0 Å². The zero-order valence-corrected chi connectivity index (χ0v) is 11.9. The average molecular weight is 270 g/mol. The fourth-order valence-corrected chi connectivity index (χ4v) is 2.01. The Morgan fingerprint density at radius 1 is 1.15 bits per heavy atom. The second kappa shape index (κ2) is 5.41. The van der Waals surface area contributed by atoms with Gasteiger partial charge in [0.05, 0.1) is 23.8 Å². The quantitative estimate of drug-likeness (QED) is 0.927. The molecule has 0 saturated carbocycles. The minimum Gasteiger partial charge on any atom is -0.481 e. The minimum absolute atomic E-state index is 0.0723. The van der Waals surface area contributed by atoms with E-state index in [4.69, 9.17) is 0 Å². The molecule has 2 aromatic rings. The molecule has 0 aliphatic heterocycles. The maximum atomic E-state index is 11.6. The van der Waals surface area contributed by atoms with Gasteiger partial charge in [0.15, 0.2) is 0 Å². The smallest absolute Gasteiger partial charge is 0.315 e. The SMILES string of the molecule is CC(C)C(C)(C(=O)O)c1cnc(-c2ccccc2)cn1. The van der Waals surface area contributed by atoms with Crippen LogP contribution < -0.4 is 0 Å². The molecule has 2 rings (SSSR count). The maximum Gasteiger partial charge on any atom is 0.315 e. The van der Waals surface area contributed by atoms with Crippen molar-refractivity contribution < 1.29 is 9.90 Å². The Balaban J connectivity index is 2.40. The summed E-state index contributed by atoms with van der Waals surface area (Å²) in [4.78, 5) is 20.2. The van der Waals surface area contributed by atoms with Crippen molar-refractivity contribution in [3.05, 3.63) is 48.4 Å². The fourth-order valence-electron chi connectivity index (χ4n) is 2.01. The van der Waals surface area contributed by atoms with Gasteiger partial charge in [-0.05, 0) is 12.8 Å². The van der Waals surface area contributed by atoms with Gasteiger partial charge in [-0.25, -0.2) is 0 Å². The Morgan fingerprint density at radius 3 is 2.25 bits per heavy atom. The molecule has 0 spiro atoms. The van der Waals surface area contributed by atoms with E-state index in [1.807, 2.05) is 44.2 Å². The highest BCUT2D eigenvalue weighted by Gasteiger charge is 2.40. The predicted octanol–water partition coefficient (Wildman–Crippen LogP) is 3.14. The maximum absolute atomic E-state index is 11.6. The largest absolute Gasteiger partial charge is 0.481 e. The molecular formula is C16H18N2O2. The van der Waals surface area contributed by atoms with Gasteiger partial charge in [-0.2, -0.15) is 0 Å². The van der Waals surface area contributed by atoms with E-state index < -0.39 is 11.4 Å². The lowest BCUT2D eigenvalue weighted by atomic mass is 9.76. The van der Waals surface area contributed by atoms with Gasteiger partial charge in [-0.3, -0.25) is 14.8 Å². The van der Waals surface area contributed by atoms with Crippen LogP contribution in [0.1, 0.15) is 26.5 Å². The van der Waals surface area contributed by atoms with Crippen molar-refractivity contribution in [1.82, 2.24) is 9.97 Å². The van der Waals surface area contributed by atoms with E-state index in [-0.39, 0.29) is 5.92 Å². The molecule has 0 aliphatic rings. The van der Waals surface area contributed by atoms with Gasteiger partial charge in [0, 0.05) is 5.56 Å². The molecule has 1 aromatic heterocycles. The summed E-state index contributed by atoms with van der Waals surface area (Å²) in [7, 11) is 0. The van der Waals surface area contributed by atoms with E-state index in [0.29, 0.717) is 5.69 Å². The lowest BCUT2D eigenvalue weighted by molar-refractivity contribution is -0.145. The van der Waals surface area contributed by atoms with Crippen LogP contribution in [0.5, 0.6) is 0 Å². The summed E-state index contributed by atoms with van der Waals surface area (Å²) in [5.41, 5.74) is 1.17. The number of carbonyl (C=O) groups is 1. The molecule has 0 saturated heterocycles. The van der Waals surface area contributed by atoms with Gasteiger partial charge >= 0.3 is 5.97 Å². The molecule has 1 N–H and O–H groups in total. The van der Waals surface area contributed by atoms with Crippen LogP contribution >= 0.6 is 0 Å². The number of nitrogens with zero attached hydrogens (tertiary/aromatic N) is 2. The Hall–Kier alpha value is -2.23. The third kappa shape index (κ3) is 2.41. The number of carboxylic acid groups (broad SMARTS) is 1. The van der Waals surface area contributed by atoms with E-state index in [0.717, 1.165) is 11.3 Å². The standard InChI is InChI=1S/C16H18N2O2/c1-11(2)16(3,15(19)20)14-10-17-13(9-18-14)12-7-5-4-6-8-12/h4-11H,1-3H3,(H,19,20). The summed E-state index contributed by atoms with van der Waals surface area (Å²) in [5, 5.41) is 9.47. The summed E-state index contributed by atoms with van der Waals surface area (Å²) in [6.07, 6.45) is 3.20. The van der Waals surface area contributed by atoms with Gasteiger partial charge in [0.25, 0.3) is 0 Å². The second-order valence-corrected chi connectivity index (χ2v) is 5.32. The predicted molar refractivity (Wildman–Crippen MR) is 77.3 cm³/mol. The number of aromatic nitrogens is 2. The van der Waals surface area contributed by atoms with Crippen LogP contribution in [0.3, 0.4) is 0 Å². The van der Waals surface area contributed by atoms with Gasteiger partial charge in [0.2, 0.25) is 0 Å². The summed E-state index contributed by atoms with van der Waals surface area (Å²) in [6.45, 7) is 5.44. The van der Waals surface area contributed by atoms with Crippen LogP contribution in [-0.4, -0.2) is 21.0 Å².